The molecular formula is C19H24N2O3. The van der Waals surface area contributed by atoms with Gasteiger partial charge in [0.15, 0.2) is 0 Å². The lowest BCUT2D eigenvalue weighted by atomic mass is 9.96. The van der Waals surface area contributed by atoms with Crippen molar-refractivity contribution in [2.45, 2.75) is 25.7 Å². The highest BCUT2D eigenvalue weighted by molar-refractivity contribution is 5.73. The molecule has 0 aliphatic rings. The van der Waals surface area contributed by atoms with Crippen LogP contribution >= 0.6 is 0 Å². The zero-order valence-electron chi connectivity index (χ0n) is 14.1. The Labute approximate surface area is 142 Å². The van der Waals surface area contributed by atoms with Crippen molar-refractivity contribution in [1.82, 2.24) is 10.6 Å². The first-order valence-corrected chi connectivity index (χ1v) is 7.87. The zero-order chi connectivity index (χ0) is 17.4. The van der Waals surface area contributed by atoms with E-state index in [-0.39, 0.29) is 12.6 Å². The number of urea groups is 1. The lowest BCUT2D eigenvalue weighted by molar-refractivity contribution is 0.0594. The Kier molecular flexibility index (Phi) is 6.35. The summed E-state index contributed by atoms with van der Waals surface area (Å²) in [7, 11) is 1.65. The van der Waals surface area contributed by atoms with Gasteiger partial charge in [-0.1, -0.05) is 54.6 Å². The second-order valence-corrected chi connectivity index (χ2v) is 5.93. The molecule has 2 aromatic carbocycles. The maximum absolute atomic E-state index is 11.9. The number of ether oxygens (including phenoxy) is 1. The smallest absolute Gasteiger partial charge is 0.315 e. The number of aliphatic hydroxyl groups is 1. The highest BCUT2D eigenvalue weighted by atomic mass is 16.5. The number of benzene rings is 2. The van der Waals surface area contributed by atoms with Crippen molar-refractivity contribution in [2.24, 2.45) is 0 Å². The van der Waals surface area contributed by atoms with Crippen molar-refractivity contribution in [3.8, 4) is 0 Å². The summed E-state index contributed by atoms with van der Waals surface area (Å²) in [5.41, 5.74) is 1.70. The Morgan fingerprint density at radius 3 is 2.50 bits per heavy atom. The molecule has 0 spiro atoms. The maximum atomic E-state index is 11.9. The summed E-state index contributed by atoms with van der Waals surface area (Å²) in [6.45, 7) is 2.76. The van der Waals surface area contributed by atoms with Gasteiger partial charge < -0.3 is 20.5 Å². The molecular weight excluding hydrogens is 304 g/mol. The molecule has 0 fully saturated rings. The lowest BCUT2D eigenvalue weighted by Gasteiger charge is -2.24. The predicted molar refractivity (Wildman–Crippen MR) is 93.4 cm³/mol. The van der Waals surface area contributed by atoms with Gasteiger partial charge in [0.05, 0.1) is 13.2 Å². The predicted octanol–water partition coefficient (Wildman–Crippen LogP) is 2.54. The molecule has 0 unspecified atom stereocenters. The number of carbonyl (C=O) groups excluding carboxylic acids is 1. The van der Waals surface area contributed by atoms with Gasteiger partial charge in [0, 0.05) is 13.7 Å². The molecule has 2 aromatic rings. The van der Waals surface area contributed by atoms with Crippen LogP contribution in [0.5, 0.6) is 0 Å². The summed E-state index contributed by atoms with van der Waals surface area (Å²) in [4.78, 5) is 11.9. The van der Waals surface area contributed by atoms with Gasteiger partial charge in [0.1, 0.15) is 5.60 Å². The molecule has 3 N–H and O–H groups in total. The molecule has 0 bridgehead atoms. The highest BCUT2D eigenvalue weighted by Crippen LogP contribution is 2.18. The molecule has 2 amide bonds. The van der Waals surface area contributed by atoms with Gasteiger partial charge in [-0.2, -0.15) is 0 Å². The van der Waals surface area contributed by atoms with Crippen molar-refractivity contribution < 1.29 is 14.6 Å². The molecule has 24 heavy (non-hydrogen) atoms. The maximum Gasteiger partial charge on any atom is 0.315 e. The third-order valence-electron chi connectivity index (χ3n) is 3.74. The molecule has 0 heterocycles. The van der Waals surface area contributed by atoms with Crippen LogP contribution in [0.1, 0.15) is 23.6 Å². The number of hydrogen-bond acceptors (Lipinski definition) is 3. The van der Waals surface area contributed by atoms with Crippen LogP contribution < -0.4 is 10.6 Å². The Balaban J connectivity index is 1.82. The minimum absolute atomic E-state index is 0.132. The number of hydrogen-bond donors (Lipinski definition) is 3. The van der Waals surface area contributed by atoms with Crippen LogP contribution in [-0.4, -0.2) is 24.8 Å². The molecule has 2 rings (SSSR count). The molecule has 0 saturated carbocycles. The normalized spacial score (nSPS) is 13.1. The molecule has 0 saturated heterocycles. The van der Waals surface area contributed by atoms with E-state index in [2.05, 4.69) is 10.6 Å². The fourth-order valence-corrected chi connectivity index (χ4v) is 2.39. The van der Waals surface area contributed by atoms with E-state index in [1.54, 1.807) is 14.0 Å². The molecule has 1 atom stereocenters. The minimum Gasteiger partial charge on any atom is -0.384 e. The first kappa shape index (κ1) is 18.0. The van der Waals surface area contributed by atoms with Crippen LogP contribution in [0, 0.1) is 0 Å². The average molecular weight is 328 g/mol. The standard InChI is InChI=1S/C19H24N2O3/c1-19(23,17-9-4-3-5-10-17)14-21-18(22)20-12-15-7-6-8-16(11-15)13-24-2/h3-11,23H,12-14H2,1-2H3,(H2,20,21,22)/t19-/m1/s1. The van der Waals surface area contributed by atoms with Gasteiger partial charge in [-0.15, -0.1) is 0 Å². The first-order valence-electron chi connectivity index (χ1n) is 7.87. The number of amides is 2. The number of nitrogens with one attached hydrogen (secondary N) is 2. The summed E-state index contributed by atoms with van der Waals surface area (Å²) in [6.07, 6.45) is 0. The number of rotatable bonds is 7. The fraction of sp³-hybridized carbons (Fsp3) is 0.316. The van der Waals surface area contributed by atoms with Gasteiger partial charge in [-0.05, 0) is 23.6 Å². The molecule has 5 nitrogen and oxygen atoms in total. The fourth-order valence-electron chi connectivity index (χ4n) is 2.39. The van der Waals surface area contributed by atoms with Crippen molar-refractivity contribution in [3.05, 3.63) is 71.3 Å². The molecule has 128 valence electrons. The van der Waals surface area contributed by atoms with Gasteiger partial charge in [0.2, 0.25) is 0 Å². The molecule has 0 aliphatic heterocycles. The van der Waals surface area contributed by atoms with Gasteiger partial charge >= 0.3 is 6.03 Å². The summed E-state index contributed by atoms with van der Waals surface area (Å²) in [6, 6.07) is 16.8. The van der Waals surface area contributed by atoms with E-state index in [0.717, 1.165) is 16.7 Å². The average Bonchev–Trinajstić information content (AvgIpc) is 2.60. The van der Waals surface area contributed by atoms with Crippen LogP contribution in [0.15, 0.2) is 54.6 Å². The number of methoxy groups -OCH3 is 1. The Morgan fingerprint density at radius 2 is 1.79 bits per heavy atom. The van der Waals surface area contributed by atoms with Gasteiger partial charge in [-0.25, -0.2) is 4.79 Å². The van der Waals surface area contributed by atoms with Crippen LogP contribution in [0.2, 0.25) is 0 Å². The lowest BCUT2D eigenvalue weighted by Crippen LogP contribution is -2.43. The van der Waals surface area contributed by atoms with Crippen LogP contribution in [0.25, 0.3) is 0 Å². The van der Waals surface area contributed by atoms with Crippen LogP contribution in [-0.2, 0) is 23.5 Å². The SMILES string of the molecule is COCc1cccc(CNC(=O)NC[C@@](C)(O)c2ccccc2)c1. The van der Waals surface area contributed by atoms with E-state index >= 15 is 0 Å². The van der Waals surface area contributed by atoms with Crippen molar-refractivity contribution in [2.75, 3.05) is 13.7 Å². The van der Waals surface area contributed by atoms with Gasteiger partial charge in [0.25, 0.3) is 0 Å². The summed E-state index contributed by atoms with van der Waals surface area (Å²) in [5.74, 6) is 0. The second-order valence-electron chi connectivity index (χ2n) is 5.93. The van der Waals surface area contributed by atoms with Crippen molar-refractivity contribution >= 4 is 6.03 Å². The van der Waals surface area contributed by atoms with E-state index in [9.17, 15) is 9.90 Å². The third-order valence-corrected chi connectivity index (χ3v) is 3.74. The highest BCUT2D eigenvalue weighted by Gasteiger charge is 2.23. The molecule has 0 radical (unpaired) electrons. The summed E-state index contributed by atoms with van der Waals surface area (Å²) >= 11 is 0. The van der Waals surface area contributed by atoms with Crippen LogP contribution in [0.3, 0.4) is 0 Å². The Morgan fingerprint density at radius 1 is 1.08 bits per heavy atom. The quantitative estimate of drug-likeness (QED) is 0.731. The number of carbonyl (C=O) groups is 1. The summed E-state index contributed by atoms with van der Waals surface area (Å²) < 4.78 is 5.10. The molecule has 0 aliphatic carbocycles. The first-order chi connectivity index (χ1) is 11.5. The monoisotopic (exact) mass is 328 g/mol. The van der Waals surface area contributed by atoms with Crippen molar-refractivity contribution in [1.29, 1.82) is 0 Å². The topological polar surface area (TPSA) is 70.6 Å². The van der Waals surface area contributed by atoms with E-state index in [1.807, 2.05) is 54.6 Å². The van der Waals surface area contributed by atoms with Crippen LogP contribution in [0.4, 0.5) is 4.79 Å². The van der Waals surface area contributed by atoms with E-state index < -0.39 is 5.60 Å². The van der Waals surface area contributed by atoms with E-state index in [0.29, 0.717) is 13.2 Å². The second kappa shape index (κ2) is 8.47. The van der Waals surface area contributed by atoms with E-state index in [4.69, 9.17) is 4.74 Å². The van der Waals surface area contributed by atoms with Crippen molar-refractivity contribution in [3.63, 3.8) is 0 Å². The Hall–Kier alpha value is -2.37. The summed E-state index contributed by atoms with van der Waals surface area (Å²) in [5, 5.41) is 16.0. The van der Waals surface area contributed by atoms with Gasteiger partial charge in [-0.3, -0.25) is 0 Å². The Bertz CT molecular complexity index is 657. The van der Waals surface area contributed by atoms with E-state index in [1.165, 1.54) is 0 Å². The molecule has 0 aromatic heterocycles. The third kappa shape index (κ3) is 5.37. The zero-order valence-corrected chi connectivity index (χ0v) is 14.1. The molecule has 5 heteroatoms. The largest absolute Gasteiger partial charge is 0.384 e. The minimum atomic E-state index is -1.11.